The van der Waals surface area contributed by atoms with Crippen LogP contribution < -0.4 is 5.32 Å². The van der Waals surface area contributed by atoms with Gasteiger partial charge in [0.15, 0.2) is 0 Å². The summed E-state index contributed by atoms with van der Waals surface area (Å²) in [7, 11) is 0. The van der Waals surface area contributed by atoms with Gasteiger partial charge in [0.25, 0.3) is 0 Å². The van der Waals surface area contributed by atoms with Crippen molar-refractivity contribution < 1.29 is 14.3 Å². The summed E-state index contributed by atoms with van der Waals surface area (Å²) in [5.41, 5.74) is 0. The highest BCUT2D eigenvalue weighted by Gasteiger charge is 2.06. The average molecular weight is 297 g/mol. The third-order valence-corrected chi connectivity index (χ3v) is 3.72. The first kappa shape index (κ1) is 16.7. The number of unbranched alkanes of at least 4 members (excludes halogenated alkanes) is 3. The van der Waals surface area contributed by atoms with E-state index in [2.05, 4.69) is 12.2 Å². The van der Waals surface area contributed by atoms with Crippen LogP contribution in [0.2, 0.25) is 0 Å². The molecular weight excluding hydrogens is 274 g/mol. The van der Waals surface area contributed by atoms with Crippen LogP contribution >= 0.6 is 11.3 Å². The Morgan fingerprint density at radius 1 is 1.30 bits per heavy atom. The molecule has 0 saturated carbocycles. The maximum atomic E-state index is 11.5. The molecule has 1 rings (SSSR count). The van der Waals surface area contributed by atoms with Crippen LogP contribution in [0, 0.1) is 0 Å². The van der Waals surface area contributed by atoms with Crippen LogP contribution in [0.25, 0.3) is 0 Å². The lowest BCUT2D eigenvalue weighted by molar-refractivity contribution is -0.143. The van der Waals surface area contributed by atoms with Crippen LogP contribution in [0.5, 0.6) is 0 Å². The van der Waals surface area contributed by atoms with Crippen molar-refractivity contribution in [2.75, 3.05) is 13.2 Å². The first-order valence-corrected chi connectivity index (χ1v) is 8.05. The molecule has 0 saturated heterocycles. The largest absolute Gasteiger partial charge is 0.464 e. The SMILES string of the molecule is CCCCCCC(=O)NCCOC(=O)Cc1cccs1. The van der Waals surface area contributed by atoms with Gasteiger partial charge in [0.1, 0.15) is 6.61 Å². The van der Waals surface area contributed by atoms with E-state index in [1.54, 1.807) is 0 Å². The van der Waals surface area contributed by atoms with E-state index >= 15 is 0 Å². The minimum atomic E-state index is -0.246. The number of hydrogen-bond acceptors (Lipinski definition) is 4. The van der Waals surface area contributed by atoms with Crippen molar-refractivity contribution in [3.8, 4) is 0 Å². The summed E-state index contributed by atoms with van der Waals surface area (Å²) in [6.45, 7) is 2.78. The third-order valence-electron chi connectivity index (χ3n) is 2.84. The molecule has 0 aliphatic carbocycles. The lowest BCUT2D eigenvalue weighted by Crippen LogP contribution is -2.28. The van der Waals surface area contributed by atoms with Gasteiger partial charge in [0, 0.05) is 11.3 Å². The second-order valence-electron chi connectivity index (χ2n) is 4.64. The first-order valence-electron chi connectivity index (χ1n) is 7.17. The van der Waals surface area contributed by atoms with Crippen LogP contribution in [0.1, 0.15) is 43.9 Å². The summed E-state index contributed by atoms with van der Waals surface area (Å²) in [4.78, 5) is 23.9. The zero-order chi connectivity index (χ0) is 14.6. The maximum absolute atomic E-state index is 11.5. The number of carbonyl (C=O) groups is 2. The number of hydrogen-bond donors (Lipinski definition) is 1. The molecule has 0 atom stereocenters. The van der Waals surface area contributed by atoms with E-state index in [0.29, 0.717) is 19.4 Å². The number of ether oxygens (including phenoxy) is 1. The van der Waals surface area contributed by atoms with E-state index in [9.17, 15) is 9.59 Å². The Labute approximate surface area is 124 Å². The second kappa shape index (κ2) is 10.4. The number of carbonyl (C=O) groups excluding carboxylic acids is 2. The molecule has 4 nitrogen and oxygen atoms in total. The van der Waals surface area contributed by atoms with Gasteiger partial charge in [0.05, 0.1) is 13.0 Å². The van der Waals surface area contributed by atoms with Crippen molar-refractivity contribution in [1.82, 2.24) is 5.32 Å². The highest BCUT2D eigenvalue weighted by Crippen LogP contribution is 2.09. The first-order chi connectivity index (χ1) is 9.72. The predicted molar refractivity (Wildman–Crippen MR) is 80.8 cm³/mol. The van der Waals surface area contributed by atoms with Gasteiger partial charge in [-0.2, -0.15) is 0 Å². The summed E-state index contributed by atoms with van der Waals surface area (Å²) < 4.78 is 5.06. The summed E-state index contributed by atoms with van der Waals surface area (Å²) >= 11 is 1.54. The molecule has 20 heavy (non-hydrogen) atoms. The van der Waals surface area contributed by atoms with E-state index in [0.717, 1.165) is 17.7 Å². The predicted octanol–water partition coefficient (Wildman–Crippen LogP) is 2.92. The smallest absolute Gasteiger partial charge is 0.311 e. The van der Waals surface area contributed by atoms with Crippen LogP contribution in [-0.2, 0) is 20.7 Å². The Balaban J connectivity index is 1.98. The van der Waals surface area contributed by atoms with Crippen LogP contribution in [0.3, 0.4) is 0 Å². The van der Waals surface area contributed by atoms with Crippen molar-refractivity contribution in [3.63, 3.8) is 0 Å². The van der Waals surface area contributed by atoms with Crippen molar-refractivity contribution in [2.24, 2.45) is 0 Å². The molecule has 5 heteroatoms. The number of esters is 1. The number of nitrogens with one attached hydrogen (secondary N) is 1. The molecular formula is C15H23NO3S. The van der Waals surface area contributed by atoms with Gasteiger partial charge in [-0.3, -0.25) is 9.59 Å². The fourth-order valence-corrected chi connectivity index (χ4v) is 2.45. The summed E-state index contributed by atoms with van der Waals surface area (Å²) in [5.74, 6) is -0.208. The molecule has 0 fully saturated rings. The molecule has 0 bridgehead atoms. The molecule has 0 unspecified atom stereocenters. The lowest BCUT2D eigenvalue weighted by atomic mass is 10.1. The molecule has 1 aromatic rings. The van der Waals surface area contributed by atoms with E-state index in [4.69, 9.17) is 4.74 Å². The van der Waals surface area contributed by atoms with Crippen molar-refractivity contribution >= 4 is 23.2 Å². The third kappa shape index (κ3) is 7.94. The molecule has 0 spiro atoms. The number of amides is 1. The maximum Gasteiger partial charge on any atom is 0.311 e. The van der Waals surface area contributed by atoms with E-state index in [-0.39, 0.29) is 18.5 Å². The molecule has 1 N–H and O–H groups in total. The standard InChI is InChI=1S/C15H23NO3S/c1-2-3-4-5-8-14(17)16-9-10-19-15(18)12-13-7-6-11-20-13/h6-7,11H,2-5,8-10,12H2,1H3,(H,16,17). The van der Waals surface area contributed by atoms with Crippen LogP contribution in [0.4, 0.5) is 0 Å². The minimum absolute atomic E-state index is 0.0374. The van der Waals surface area contributed by atoms with Crippen molar-refractivity contribution in [3.05, 3.63) is 22.4 Å². The molecule has 112 valence electrons. The van der Waals surface area contributed by atoms with Crippen LogP contribution in [0.15, 0.2) is 17.5 Å². The Morgan fingerprint density at radius 2 is 2.15 bits per heavy atom. The molecule has 0 aliphatic rings. The molecule has 1 amide bonds. The summed E-state index contributed by atoms with van der Waals surface area (Å²) in [5, 5.41) is 4.69. The molecule has 0 aromatic carbocycles. The zero-order valence-corrected chi connectivity index (χ0v) is 12.8. The molecule has 1 aromatic heterocycles. The van der Waals surface area contributed by atoms with Crippen molar-refractivity contribution in [2.45, 2.75) is 45.4 Å². The number of rotatable bonds is 10. The van der Waals surface area contributed by atoms with Gasteiger partial charge in [-0.25, -0.2) is 0 Å². The monoisotopic (exact) mass is 297 g/mol. The van der Waals surface area contributed by atoms with Gasteiger partial charge in [-0.15, -0.1) is 11.3 Å². The number of thiophene rings is 1. The molecule has 0 aliphatic heterocycles. The Hall–Kier alpha value is -1.36. The zero-order valence-electron chi connectivity index (χ0n) is 12.0. The van der Waals surface area contributed by atoms with E-state index in [1.807, 2.05) is 17.5 Å². The Bertz CT molecular complexity index is 390. The fourth-order valence-electron chi connectivity index (χ4n) is 1.76. The Morgan fingerprint density at radius 3 is 2.85 bits per heavy atom. The average Bonchev–Trinajstić information content (AvgIpc) is 2.92. The van der Waals surface area contributed by atoms with E-state index < -0.39 is 0 Å². The highest BCUT2D eigenvalue weighted by atomic mass is 32.1. The second-order valence-corrected chi connectivity index (χ2v) is 5.67. The summed E-state index contributed by atoms with van der Waals surface area (Å²) in [6, 6.07) is 3.82. The van der Waals surface area contributed by atoms with Crippen LogP contribution in [-0.4, -0.2) is 25.0 Å². The minimum Gasteiger partial charge on any atom is -0.464 e. The highest BCUT2D eigenvalue weighted by molar-refractivity contribution is 7.10. The fraction of sp³-hybridized carbons (Fsp3) is 0.600. The molecule has 0 radical (unpaired) electrons. The van der Waals surface area contributed by atoms with Gasteiger partial charge >= 0.3 is 5.97 Å². The Kier molecular flexibility index (Phi) is 8.71. The molecule has 1 heterocycles. The lowest BCUT2D eigenvalue weighted by Gasteiger charge is -2.06. The van der Waals surface area contributed by atoms with E-state index in [1.165, 1.54) is 24.2 Å². The van der Waals surface area contributed by atoms with Gasteiger partial charge < -0.3 is 10.1 Å². The van der Waals surface area contributed by atoms with Gasteiger partial charge in [-0.1, -0.05) is 32.3 Å². The van der Waals surface area contributed by atoms with Gasteiger partial charge in [0.2, 0.25) is 5.91 Å². The van der Waals surface area contributed by atoms with Gasteiger partial charge in [-0.05, 0) is 17.9 Å². The quantitative estimate of drug-likeness (QED) is 0.533. The topological polar surface area (TPSA) is 55.4 Å². The summed E-state index contributed by atoms with van der Waals surface area (Å²) in [6.07, 6.45) is 5.23. The normalized spacial score (nSPS) is 10.2. The van der Waals surface area contributed by atoms with Crippen molar-refractivity contribution in [1.29, 1.82) is 0 Å².